The number of halogens is 2. The van der Waals surface area contributed by atoms with E-state index < -0.39 is 15.8 Å². The number of anilines is 1. The quantitative estimate of drug-likeness (QED) is 0.232. The van der Waals surface area contributed by atoms with Crippen LogP contribution in [0, 0.1) is 5.82 Å². The molecule has 0 bridgehead atoms. The van der Waals surface area contributed by atoms with E-state index in [1.807, 2.05) is 21.4 Å². The SMILES string of the molecule is CCS(=O)(=O)Nc1cc(-c2cn(CCCl)c3c(O)nccc23)cc2c1ccn2Cc1ccc(F)cc1O. The summed E-state index contributed by atoms with van der Waals surface area (Å²) in [6.07, 6.45) is 5.14. The summed E-state index contributed by atoms with van der Waals surface area (Å²) in [5.41, 5.74) is 3.59. The largest absolute Gasteiger partial charge is 0.507 e. The first kappa shape index (κ1) is 24.9. The van der Waals surface area contributed by atoms with Crippen LogP contribution in [0.25, 0.3) is 32.9 Å². The van der Waals surface area contributed by atoms with E-state index in [9.17, 15) is 23.0 Å². The first-order valence-corrected chi connectivity index (χ1v) is 13.7. The molecule has 37 heavy (non-hydrogen) atoms. The van der Waals surface area contributed by atoms with Gasteiger partial charge in [-0.1, -0.05) is 6.07 Å². The van der Waals surface area contributed by atoms with E-state index in [-0.39, 0.29) is 23.9 Å². The van der Waals surface area contributed by atoms with Gasteiger partial charge in [0.05, 0.1) is 23.5 Å². The van der Waals surface area contributed by atoms with Crippen LogP contribution < -0.4 is 4.72 Å². The second kappa shape index (κ2) is 9.60. The number of aromatic hydroxyl groups is 2. The number of nitrogens with zero attached hydrogens (tertiary/aromatic N) is 3. The van der Waals surface area contributed by atoms with E-state index in [1.165, 1.54) is 18.3 Å². The summed E-state index contributed by atoms with van der Waals surface area (Å²) in [5.74, 6) is -0.614. The van der Waals surface area contributed by atoms with Crippen molar-refractivity contribution in [3.8, 4) is 22.8 Å². The maximum atomic E-state index is 13.5. The third-order valence-electron chi connectivity index (χ3n) is 6.33. The number of benzene rings is 2. The number of phenols is 1. The maximum absolute atomic E-state index is 13.5. The van der Waals surface area contributed by atoms with E-state index in [2.05, 4.69) is 9.71 Å². The number of phenolic OH excluding ortho intramolecular Hbond substituents is 1. The fraction of sp³-hybridized carbons (Fsp3) is 0.192. The molecule has 8 nitrogen and oxygen atoms in total. The molecule has 0 radical (unpaired) electrons. The second-order valence-electron chi connectivity index (χ2n) is 8.63. The third kappa shape index (κ3) is 4.70. The van der Waals surface area contributed by atoms with Crippen LogP contribution in [0.3, 0.4) is 0 Å². The highest BCUT2D eigenvalue weighted by Gasteiger charge is 2.19. The Hall–Kier alpha value is -3.76. The number of aromatic nitrogens is 3. The summed E-state index contributed by atoms with van der Waals surface area (Å²) >= 11 is 5.99. The molecule has 0 aliphatic heterocycles. The molecule has 3 aromatic heterocycles. The minimum atomic E-state index is -3.59. The van der Waals surface area contributed by atoms with Gasteiger partial charge in [0.25, 0.3) is 0 Å². The number of hydrogen-bond donors (Lipinski definition) is 3. The van der Waals surface area contributed by atoms with Crippen LogP contribution >= 0.6 is 11.6 Å². The number of alkyl halides is 1. The first-order valence-electron chi connectivity index (χ1n) is 11.5. The van der Waals surface area contributed by atoms with Crippen molar-refractivity contribution < 1.29 is 23.0 Å². The maximum Gasteiger partial charge on any atom is 0.236 e. The molecule has 5 rings (SSSR count). The Balaban J connectivity index is 1.73. The third-order valence-corrected chi connectivity index (χ3v) is 7.79. The molecule has 3 N–H and O–H groups in total. The molecule has 0 saturated heterocycles. The van der Waals surface area contributed by atoms with Crippen molar-refractivity contribution in [2.75, 3.05) is 16.4 Å². The highest BCUT2D eigenvalue weighted by atomic mass is 35.5. The van der Waals surface area contributed by atoms with Crippen molar-refractivity contribution in [2.24, 2.45) is 0 Å². The van der Waals surface area contributed by atoms with Crippen LogP contribution in [0.4, 0.5) is 10.1 Å². The minimum absolute atomic E-state index is 0.0997. The average Bonchev–Trinajstić information content (AvgIpc) is 3.43. The number of pyridine rings is 1. The molecular formula is C26H24ClFN4O4S. The number of fused-ring (bicyclic) bond motifs is 2. The zero-order valence-corrected chi connectivity index (χ0v) is 21.4. The zero-order valence-electron chi connectivity index (χ0n) is 19.8. The molecule has 0 unspecified atom stereocenters. The smallest absolute Gasteiger partial charge is 0.236 e. The normalized spacial score (nSPS) is 12.0. The Morgan fingerprint density at radius 1 is 1.08 bits per heavy atom. The van der Waals surface area contributed by atoms with Gasteiger partial charge in [0, 0.05) is 59.0 Å². The molecule has 11 heteroatoms. The van der Waals surface area contributed by atoms with Crippen molar-refractivity contribution in [3.63, 3.8) is 0 Å². The summed E-state index contributed by atoms with van der Waals surface area (Å²) in [6, 6.07) is 11.1. The van der Waals surface area contributed by atoms with Crippen LogP contribution in [0.15, 0.2) is 61.1 Å². The van der Waals surface area contributed by atoms with Gasteiger partial charge < -0.3 is 19.3 Å². The van der Waals surface area contributed by atoms with Crippen molar-refractivity contribution in [3.05, 3.63) is 72.4 Å². The molecular weight excluding hydrogens is 519 g/mol. The lowest BCUT2D eigenvalue weighted by atomic mass is 10.0. The molecule has 0 spiro atoms. The van der Waals surface area contributed by atoms with Gasteiger partial charge in [-0.05, 0) is 42.8 Å². The van der Waals surface area contributed by atoms with Crippen molar-refractivity contribution in [2.45, 2.75) is 20.0 Å². The Labute approximate surface area is 217 Å². The van der Waals surface area contributed by atoms with Gasteiger partial charge in [-0.15, -0.1) is 11.6 Å². The Morgan fingerprint density at radius 2 is 1.89 bits per heavy atom. The number of hydrogen-bond acceptors (Lipinski definition) is 5. The van der Waals surface area contributed by atoms with E-state index in [1.54, 1.807) is 31.3 Å². The summed E-state index contributed by atoms with van der Waals surface area (Å²) in [7, 11) is -3.59. The van der Waals surface area contributed by atoms with E-state index in [4.69, 9.17) is 11.6 Å². The monoisotopic (exact) mass is 542 g/mol. The molecule has 3 heterocycles. The van der Waals surface area contributed by atoms with E-state index in [0.717, 1.165) is 17.0 Å². The molecule has 0 amide bonds. The number of aryl methyl sites for hydroxylation is 1. The fourth-order valence-electron chi connectivity index (χ4n) is 4.50. The van der Waals surface area contributed by atoms with Crippen LogP contribution in [-0.4, -0.2) is 44.4 Å². The number of nitrogens with one attached hydrogen (secondary N) is 1. The van der Waals surface area contributed by atoms with E-state index >= 15 is 0 Å². The Kier molecular flexibility index (Phi) is 6.47. The predicted molar refractivity (Wildman–Crippen MR) is 143 cm³/mol. The minimum Gasteiger partial charge on any atom is -0.507 e. The molecule has 192 valence electrons. The van der Waals surface area contributed by atoms with Gasteiger partial charge in [-0.2, -0.15) is 0 Å². The van der Waals surface area contributed by atoms with Crippen molar-refractivity contribution >= 4 is 49.1 Å². The number of rotatable bonds is 8. The zero-order chi connectivity index (χ0) is 26.3. The summed E-state index contributed by atoms with van der Waals surface area (Å²) in [6.45, 7) is 2.23. The summed E-state index contributed by atoms with van der Waals surface area (Å²) in [5, 5.41) is 22.1. The van der Waals surface area contributed by atoms with Gasteiger partial charge >= 0.3 is 0 Å². The molecule has 0 saturated carbocycles. The molecule has 0 aliphatic carbocycles. The standard InChI is InChI=1S/C26H24ClFN4O4S/c1-2-37(35,36)30-22-11-17(21-15-32(10-7-27)25-19(21)5-8-29-26(25)34)12-23-20(22)6-9-31(23)14-16-3-4-18(28)13-24(16)33/h3-6,8-9,11-13,15,30,33H,2,7,10,14H2,1H3,(H,29,34). The van der Waals surface area contributed by atoms with Crippen LogP contribution in [0.5, 0.6) is 11.6 Å². The van der Waals surface area contributed by atoms with Gasteiger partial charge in [0.1, 0.15) is 17.1 Å². The molecule has 0 fully saturated rings. The topological polar surface area (TPSA) is 109 Å². The summed E-state index contributed by atoms with van der Waals surface area (Å²) < 4.78 is 44.9. The van der Waals surface area contributed by atoms with Crippen molar-refractivity contribution in [1.29, 1.82) is 0 Å². The van der Waals surface area contributed by atoms with Crippen LogP contribution in [0.1, 0.15) is 12.5 Å². The lowest BCUT2D eigenvalue weighted by molar-refractivity contribution is 0.456. The van der Waals surface area contributed by atoms with Gasteiger partial charge in [0.15, 0.2) is 0 Å². The van der Waals surface area contributed by atoms with Gasteiger partial charge in [-0.25, -0.2) is 17.8 Å². The van der Waals surface area contributed by atoms with Crippen LogP contribution in [-0.2, 0) is 23.1 Å². The fourth-order valence-corrected chi connectivity index (χ4v) is 5.33. The molecule has 0 atom stereocenters. The van der Waals surface area contributed by atoms with Gasteiger partial charge in [-0.3, -0.25) is 4.72 Å². The van der Waals surface area contributed by atoms with E-state index in [0.29, 0.717) is 45.7 Å². The predicted octanol–water partition coefficient (Wildman–Crippen LogP) is 5.26. The highest BCUT2D eigenvalue weighted by Crippen LogP contribution is 2.38. The molecule has 2 aromatic carbocycles. The lowest BCUT2D eigenvalue weighted by Crippen LogP contribution is -2.14. The number of sulfonamides is 1. The Morgan fingerprint density at radius 3 is 2.62 bits per heavy atom. The summed E-state index contributed by atoms with van der Waals surface area (Å²) in [4.78, 5) is 4.00. The van der Waals surface area contributed by atoms with Crippen molar-refractivity contribution in [1.82, 2.24) is 14.1 Å². The van der Waals surface area contributed by atoms with Gasteiger partial charge in [0.2, 0.25) is 15.9 Å². The molecule has 5 aromatic rings. The first-order chi connectivity index (χ1) is 17.7. The lowest BCUT2D eigenvalue weighted by Gasteiger charge is -2.13. The molecule has 0 aliphatic rings. The Bertz CT molecular complexity index is 1750. The second-order valence-corrected chi connectivity index (χ2v) is 11.0. The van der Waals surface area contributed by atoms with Crippen LogP contribution in [0.2, 0.25) is 0 Å². The average molecular weight is 543 g/mol. The highest BCUT2D eigenvalue weighted by molar-refractivity contribution is 7.92.